The van der Waals surface area contributed by atoms with Gasteiger partial charge in [-0.3, -0.25) is 4.79 Å². The van der Waals surface area contributed by atoms with E-state index in [2.05, 4.69) is 6.08 Å². The first-order valence-corrected chi connectivity index (χ1v) is 8.06. The molecule has 0 spiro atoms. The van der Waals surface area contributed by atoms with Crippen molar-refractivity contribution in [3.8, 4) is 5.75 Å². The lowest BCUT2D eigenvalue weighted by Gasteiger charge is -2.44. The molecule has 0 N–H and O–H groups in total. The van der Waals surface area contributed by atoms with Crippen molar-refractivity contribution < 1.29 is 23.8 Å². The molecule has 3 atom stereocenters. The first kappa shape index (κ1) is 16.4. The van der Waals surface area contributed by atoms with Crippen LogP contribution in [0.2, 0.25) is 0 Å². The van der Waals surface area contributed by atoms with Crippen molar-refractivity contribution >= 4 is 12.1 Å². The van der Waals surface area contributed by atoms with Gasteiger partial charge in [0.25, 0.3) is 0 Å². The Balaban J connectivity index is 1.50. The third-order valence-electron chi connectivity index (χ3n) is 4.39. The Morgan fingerprint density at radius 2 is 1.96 bits per heavy atom. The summed E-state index contributed by atoms with van der Waals surface area (Å²) in [6, 6.07) is 9.08. The molecule has 1 aliphatic carbocycles. The van der Waals surface area contributed by atoms with Gasteiger partial charge in [-0.05, 0) is 24.5 Å². The molecule has 1 aromatic rings. The number of piperidine rings is 1. The van der Waals surface area contributed by atoms with Crippen molar-refractivity contribution in [1.82, 2.24) is 4.90 Å². The van der Waals surface area contributed by atoms with E-state index in [0.717, 1.165) is 5.75 Å². The third-order valence-corrected chi connectivity index (χ3v) is 4.39. The van der Waals surface area contributed by atoms with Gasteiger partial charge in [0.1, 0.15) is 19.0 Å². The van der Waals surface area contributed by atoms with E-state index in [9.17, 15) is 9.59 Å². The average molecular weight is 331 g/mol. The number of amides is 1. The Bertz CT molecular complexity index is 615. The summed E-state index contributed by atoms with van der Waals surface area (Å²) in [5.74, 6) is 0.279. The van der Waals surface area contributed by atoms with Gasteiger partial charge in [0, 0.05) is 6.54 Å². The lowest BCUT2D eigenvalue weighted by molar-refractivity contribution is -0.153. The van der Waals surface area contributed by atoms with Crippen LogP contribution in [-0.2, 0) is 14.3 Å². The van der Waals surface area contributed by atoms with Gasteiger partial charge in [0.05, 0.1) is 19.1 Å². The molecular formula is C18H21NO5. The summed E-state index contributed by atoms with van der Waals surface area (Å²) >= 11 is 0. The minimum absolute atomic E-state index is 0.173. The van der Waals surface area contributed by atoms with Crippen LogP contribution in [0.1, 0.15) is 6.42 Å². The Morgan fingerprint density at radius 1 is 1.17 bits per heavy atom. The van der Waals surface area contributed by atoms with Crippen molar-refractivity contribution in [3.63, 3.8) is 0 Å². The van der Waals surface area contributed by atoms with Gasteiger partial charge >= 0.3 is 12.1 Å². The molecule has 2 aliphatic heterocycles. The van der Waals surface area contributed by atoms with Gasteiger partial charge in [-0.2, -0.15) is 0 Å². The predicted molar refractivity (Wildman–Crippen MR) is 86.5 cm³/mol. The van der Waals surface area contributed by atoms with Crippen molar-refractivity contribution in [1.29, 1.82) is 0 Å². The normalized spacial score (nSPS) is 24.5. The summed E-state index contributed by atoms with van der Waals surface area (Å²) in [5, 5.41) is 0. The number of nitrogens with zero attached hydrogens (tertiary/aromatic N) is 1. The largest absolute Gasteiger partial charge is 0.490 e. The van der Waals surface area contributed by atoms with Crippen LogP contribution in [0.15, 0.2) is 42.5 Å². The lowest BCUT2D eigenvalue weighted by atomic mass is 9.78. The molecule has 1 fully saturated rings. The Labute approximate surface area is 141 Å². The van der Waals surface area contributed by atoms with E-state index in [-0.39, 0.29) is 30.5 Å². The summed E-state index contributed by atoms with van der Waals surface area (Å²) in [7, 11) is 1.35. The molecular weight excluding hydrogens is 310 g/mol. The zero-order valence-electron chi connectivity index (χ0n) is 13.6. The van der Waals surface area contributed by atoms with Crippen LogP contribution in [0.4, 0.5) is 4.79 Å². The molecule has 0 aromatic heterocycles. The fourth-order valence-corrected chi connectivity index (χ4v) is 3.25. The monoisotopic (exact) mass is 331 g/mol. The topological polar surface area (TPSA) is 65.1 Å². The second-order valence-corrected chi connectivity index (χ2v) is 5.93. The molecule has 3 aliphatic rings. The Kier molecular flexibility index (Phi) is 5.03. The second-order valence-electron chi connectivity index (χ2n) is 5.93. The zero-order chi connectivity index (χ0) is 16.9. The van der Waals surface area contributed by atoms with E-state index in [1.165, 1.54) is 7.11 Å². The van der Waals surface area contributed by atoms with Crippen LogP contribution in [0.25, 0.3) is 0 Å². The molecule has 0 unspecified atom stereocenters. The highest BCUT2D eigenvalue weighted by Gasteiger charge is 2.44. The maximum Gasteiger partial charge on any atom is 0.410 e. The van der Waals surface area contributed by atoms with Gasteiger partial charge < -0.3 is 19.1 Å². The number of carbonyl (C=O) groups excluding carboxylic acids is 2. The molecule has 2 heterocycles. The molecule has 128 valence electrons. The number of methoxy groups -OCH3 is 1. The van der Waals surface area contributed by atoms with Crippen molar-refractivity contribution in [2.45, 2.75) is 12.5 Å². The summed E-state index contributed by atoms with van der Waals surface area (Å²) < 4.78 is 15.6. The SMILES string of the molecule is COC(=O)N1C[C@@H]2C=C[C@H]1[C@H](C(=O)OCCOc1ccccc1)C2. The van der Waals surface area contributed by atoms with E-state index < -0.39 is 6.09 Å². The Morgan fingerprint density at radius 3 is 2.67 bits per heavy atom. The fraction of sp³-hybridized carbons (Fsp3) is 0.444. The van der Waals surface area contributed by atoms with Gasteiger partial charge in [0.2, 0.25) is 0 Å². The third kappa shape index (κ3) is 3.53. The highest BCUT2D eigenvalue weighted by atomic mass is 16.6. The summed E-state index contributed by atoms with van der Waals surface area (Å²) in [5.41, 5.74) is 0. The smallest absolute Gasteiger partial charge is 0.410 e. The maximum atomic E-state index is 12.4. The highest BCUT2D eigenvalue weighted by Crippen LogP contribution is 2.35. The molecule has 0 saturated carbocycles. The molecule has 6 nitrogen and oxygen atoms in total. The van der Waals surface area contributed by atoms with Crippen LogP contribution in [0, 0.1) is 11.8 Å². The maximum absolute atomic E-state index is 12.4. The van der Waals surface area contributed by atoms with Gasteiger partial charge in [-0.1, -0.05) is 30.4 Å². The van der Waals surface area contributed by atoms with Crippen molar-refractivity contribution in [2.24, 2.45) is 11.8 Å². The molecule has 1 aromatic carbocycles. The Hall–Kier alpha value is -2.50. The van der Waals surface area contributed by atoms with E-state index in [0.29, 0.717) is 19.6 Å². The van der Waals surface area contributed by atoms with E-state index >= 15 is 0 Å². The number of para-hydroxylation sites is 1. The standard InChI is InChI=1S/C18H21NO5/c1-22-18(21)19-12-13-7-8-16(19)15(11-13)17(20)24-10-9-23-14-5-3-2-4-6-14/h2-8,13,15-16H,9-12H2,1H3/t13-,15-,16+/m1/s1. The van der Waals surface area contributed by atoms with E-state index in [4.69, 9.17) is 14.2 Å². The fourth-order valence-electron chi connectivity index (χ4n) is 3.25. The number of esters is 1. The van der Waals surface area contributed by atoms with Crippen LogP contribution in [-0.4, -0.2) is 49.9 Å². The highest BCUT2D eigenvalue weighted by molar-refractivity contribution is 5.77. The first-order chi connectivity index (χ1) is 11.7. The summed E-state index contributed by atoms with van der Waals surface area (Å²) in [6.45, 7) is 1.07. The minimum Gasteiger partial charge on any atom is -0.490 e. The number of rotatable bonds is 5. The molecule has 2 bridgehead atoms. The van der Waals surface area contributed by atoms with E-state index in [1.54, 1.807) is 4.90 Å². The number of benzene rings is 1. The molecule has 6 heteroatoms. The average Bonchev–Trinajstić information content (AvgIpc) is 2.65. The van der Waals surface area contributed by atoms with Crippen LogP contribution >= 0.6 is 0 Å². The van der Waals surface area contributed by atoms with Gasteiger partial charge in [0.15, 0.2) is 0 Å². The minimum atomic E-state index is -0.403. The molecule has 4 rings (SSSR count). The number of fused-ring (bicyclic) bond motifs is 2. The lowest BCUT2D eigenvalue weighted by Crippen LogP contribution is -2.55. The van der Waals surface area contributed by atoms with Crippen LogP contribution < -0.4 is 4.74 Å². The van der Waals surface area contributed by atoms with Gasteiger partial charge in [-0.15, -0.1) is 0 Å². The number of carbonyl (C=O) groups is 2. The summed E-state index contributed by atoms with van der Waals surface area (Å²) in [4.78, 5) is 25.8. The van der Waals surface area contributed by atoms with Crippen LogP contribution in [0.3, 0.4) is 0 Å². The number of hydrogen-bond donors (Lipinski definition) is 0. The van der Waals surface area contributed by atoms with Crippen LogP contribution in [0.5, 0.6) is 5.75 Å². The quantitative estimate of drug-likeness (QED) is 0.470. The number of hydrogen-bond acceptors (Lipinski definition) is 5. The van der Waals surface area contributed by atoms with Crippen molar-refractivity contribution in [2.75, 3.05) is 26.9 Å². The molecule has 1 saturated heterocycles. The van der Waals surface area contributed by atoms with E-state index in [1.807, 2.05) is 36.4 Å². The first-order valence-electron chi connectivity index (χ1n) is 8.06. The molecule has 24 heavy (non-hydrogen) atoms. The number of ether oxygens (including phenoxy) is 3. The van der Waals surface area contributed by atoms with Crippen molar-refractivity contribution in [3.05, 3.63) is 42.5 Å². The summed E-state index contributed by atoms with van der Waals surface area (Å²) in [6.07, 6.45) is 4.26. The zero-order valence-corrected chi connectivity index (χ0v) is 13.6. The predicted octanol–water partition coefficient (Wildman–Crippen LogP) is 2.25. The molecule has 0 radical (unpaired) electrons. The molecule has 1 amide bonds. The second kappa shape index (κ2) is 7.38. The van der Waals surface area contributed by atoms with Gasteiger partial charge in [-0.25, -0.2) is 4.79 Å².